The molecule has 2 amide bonds. The monoisotopic (exact) mass is 279 g/mol. The standard InChI is InChI=1S/C14H18FN3O2/c1-10-14(20)18(7-3-6-16-10)9-13(19)17-12-5-2-4-11(15)8-12/h2,4-5,8,10,16H,3,6-7,9H2,1H3,(H,17,19). The molecule has 0 saturated carbocycles. The minimum absolute atomic E-state index is 0.0125. The summed E-state index contributed by atoms with van der Waals surface area (Å²) in [6.07, 6.45) is 0.809. The first-order chi connectivity index (χ1) is 9.56. The molecule has 0 spiro atoms. The Hall–Kier alpha value is -1.95. The Morgan fingerprint density at radius 2 is 2.35 bits per heavy atom. The summed E-state index contributed by atoms with van der Waals surface area (Å²) in [6, 6.07) is 5.40. The molecule has 5 nitrogen and oxygen atoms in total. The van der Waals surface area contributed by atoms with Crippen molar-refractivity contribution in [1.82, 2.24) is 10.2 Å². The van der Waals surface area contributed by atoms with Crippen LogP contribution in [0.2, 0.25) is 0 Å². The third kappa shape index (κ3) is 3.77. The number of anilines is 1. The maximum absolute atomic E-state index is 13.0. The Labute approximate surface area is 117 Å². The van der Waals surface area contributed by atoms with Crippen molar-refractivity contribution in [2.45, 2.75) is 19.4 Å². The van der Waals surface area contributed by atoms with Crippen LogP contribution < -0.4 is 10.6 Å². The molecule has 1 unspecified atom stereocenters. The Bertz CT molecular complexity index is 507. The molecule has 1 aliphatic rings. The lowest BCUT2D eigenvalue weighted by Gasteiger charge is -2.22. The highest BCUT2D eigenvalue weighted by molar-refractivity contribution is 5.95. The van der Waals surface area contributed by atoms with Crippen molar-refractivity contribution in [3.8, 4) is 0 Å². The van der Waals surface area contributed by atoms with Crippen LogP contribution in [0.3, 0.4) is 0 Å². The molecular weight excluding hydrogens is 261 g/mol. The average Bonchev–Trinajstić information content (AvgIpc) is 2.54. The van der Waals surface area contributed by atoms with Gasteiger partial charge in [0.05, 0.1) is 12.6 Å². The van der Waals surface area contributed by atoms with E-state index in [1.807, 2.05) is 0 Å². The molecule has 0 bridgehead atoms. The van der Waals surface area contributed by atoms with E-state index in [0.717, 1.165) is 13.0 Å². The molecule has 0 aliphatic carbocycles. The van der Waals surface area contributed by atoms with Gasteiger partial charge < -0.3 is 15.5 Å². The third-order valence-corrected chi connectivity index (χ3v) is 3.18. The number of nitrogens with one attached hydrogen (secondary N) is 2. The summed E-state index contributed by atoms with van der Waals surface area (Å²) in [5.74, 6) is -0.818. The zero-order valence-electron chi connectivity index (χ0n) is 11.4. The smallest absolute Gasteiger partial charge is 0.243 e. The summed E-state index contributed by atoms with van der Waals surface area (Å²) in [5, 5.41) is 5.67. The number of rotatable bonds is 3. The minimum Gasteiger partial charge on any atom is -0.332 e. The zero-order chi connectivity index (χ0) is 14.5. The van der Waals surface area contributed by atoms with E-state index >= 15 is 0 Å². The van der Waals surface area contributed by atoms with Crippen molar-refractivity contribution in [3.05, 3.63) is 30.1 Å². The second-order valence-corrected chi connectivity index (χ2v) is 4.85. The molecule has 20 heavy (non-hydrogen) atoms. The first-order valence-electron chi connectivity index (χ1n) is 6.64. The maximum atomic E-state index is 13.0. The van der Waals surface area contributed by atoms with Crippen LogP contribution in [0.5, 0.6) is 0 Å². The maximum Gasteiger partial charge on any atom is 0.243 e. The number of carbonyl (C=O) groups excluding carboxylic acids is 2. The van der Waals surface area contributed by atoms with Gasteiger partial charge in [0.25, 0.3) is 0 Å². The lowest BCUT2D eigenvalue weighted by molar-refractivity contribution is -0.135. The van der Waals surface area contributed by atoms with Gasteiger partial charge in [0.1, 0.15) is 5.82 Å². The molecule has 1 fully saturated rings. The van der Waals surface area contributed by atoms with Crippen LogP contribution in [0.15, 0.2) is 24.3 Å². The van der Waals surface area contributed by atoms with E-state index < -0.39 is 5.82 Å². The van der Waals surface area contributed by atoms with E-state index in [-0.39, 0.29) is 24.4 Å². The Morgan fingerprint density at radius 3 is 3.10 bits per heavy atom. The van der Waals surface area contributed by atoms with Crippen molar-refractivity contribution in [2.75, 3.05) is 25.0 Å². The highest BCUT2D eigenvalue weighted by Gasteiger charge is 2.24. The second kappa shape index (κ2) is 6.47. The van der Waals surface area contributed by atoms with Crippen LogP contribution >= 0.6 is 0 Å². The summed E-state index contributed by atoms with van der Waals surface area (Å²) in [4.78, 5) is 25.4. The Morgan fingerprint density at radius 1 is 1.55 bits per heavy atom. The van der Waals surface area contributed by atoms with Gasteiger partial charge in [0.15, 0.2) is 0 Å². The summed E-state index contributed by atoms with van der Waals surface area (Å²) in [5.41, 5.74) is 0.392. The van der Waals surface area contributed by atoms with E-state index in [2.05, 4.69) is 10.6 Å². The van der Waals surface area contributed by atoms with Gasteiger partial charge in [-0.1, -0.05) is 6.07 Å². The minimum atomic E-state index is -0.411. The predicted octanol–water partition coefficient (Wildman–Crippen LogP) is 0.975. The molecule has 1 aromatic rings. The number of benzene rings is 1. The Balaban J connectivity index is 1.95. The molecule has 1 aromatic carbocycles. The van der Waals surface area contributed by atoms with Crippen molar-refractivity contribution in [3.63, 3.8) is 0 Å². The van der Waals surface area contributed by atoms with E-state index in [1.54, 1.807) is 13.0 Å². The number of halogens is 1. The average molecular weight is 279 g/mol. The molecule has 2 rings (SSSR count). The first kappa shape index (κ1) is 14.5. The van der Waals surface area contributed by atoms with E-state index in [9.17, 15) is 14.0 Å². The summed E-state index contributed by atoms with van der Waals surface area (Å²) >= 11 is 0. The number of amides is 2. The Kier molecular flexibility index (Phi) is 4.68. The topological polar surface area (TPSA) is 61.4 Å². The highest BCUT2D eigenvalue weighted by atomic mass is 19.1. The molecule has 0 radical (unpaired) electrons. The van der Waals surface area contributed by atoms with Gasteiger partial charge in [-0.15, -0.1) is 0 Å². The molecule has 1 aliphatic heterocycles. The predicted molar refractivity (Wildman–Crippen MR) is 73.7 cm³/mol. The normalized spacial score (nSPS) is 19.6. The molecule has 1 atom stereocenters. The lowest BCUT2D eigenvalue weighted by Crippen LogP contribution is -2.44. The summed E-state index contributed by atoms with van der Waals surface area (Å²) in [6.45, 7) is 3.08. The molecule has 1 heterocycles. The lowest BCUT2D eigenvalue weighted by atomic mass is 10.3. The van der Waals surface area contributed by atoms with Crippen molar-refractivity contribution in [2.24, 2.45) is 0 Å². The molecule has 2 N–H and O–H groups in total. The van der Waals surface area contributed by atoms with Crippen LogP contribution in [0.4, 0.5) is 10.1 Å². The second-order valence-electron chi connectivity index (χ2n) is 4.85. The fraction of sp³-hybridized carbons (Fsp3) is 0.429. The van der Waals surface area contributed by atoms with Gasteiger partial charge >= 0.3 is 0 Å². The van der Waals surface area contributed by atoms with E-state index in [1.165, 1.54) is 23.1 Å². The van der Waals surface area contributed by atoms with Crippen LogP contribution in [-0.4, -0.2) is 42.4 Å². The van der Waals surface area contributed by atoms with Crippen molar-refractivity contribution >= 4 is 17.5 Å². The molecule has 108 valence electrons. The number of nitrogens with zero attached hydrogens (tertiary/aromatic N) is 1. The summed E-state index contributed by atoms with van der Waals surface area (Å²) in [7, 11) is 0. The van der Waals surface area contributed by atoms with Gasteiger partial charge in [0, 0.05) is 12.2 Å². The van der Waals surface area contributed by atoms with Crippen LogP contribution in [-0.2, 0) is 9.59 Å². The van der Waals surface area contributed by atoms with E-state index in [4.69, 9.17) is 0 Å². The van der Waals surface area contributed by atoms with Crippen LogP contribution in [0.1, 0.15) is 13.3 Å². The molecule has 0 aromatic heterocycles. The number of hydrogen-bond acceptors (Lipinski definition) is 3. The van der Waals surface area contributed by atoms with Gasteiger partial charge in [-0.2, -0.15) is 0 Å². The van der Waals surface area contributed by atoms with E-state index in [0.29, 0.717) is 12.2 Å². The largest absolute Gasteiger partial charge is 0.332 e. The number of hydrogen-bond donors (Lipinski definition) is 2. The van der Waals surface area contributed by atoms with Crippen molar-refractivity contribution < 1.29 is 14.0 Å². The zero-order valence-corrected chi connectivity index (χ0v) is 11.4. The fourth-order valence-electron chi connectivity index (χ4n) is 2.16. The quantitative estimate of drug-likeness (QED) is 0.867. The molecule has 6 heteroatoms. The first-order valence-corrected chi connectivity index (χ1v) is 6.64. The van der Waals surface area contributed by atoms with Gasteiger partial charge in [-0.25, -0.2) is 4.39 Å². The summed E-state index contributed by atoms with van der Waals surface area (Å²) < 4.78 is 13.0. The SMILES string of the molecule is CC1NCCCN(CC(=O)Nc2cccc(F)c2)C1=O. The number of carbonyl (C=O) groups is 2. The molecular formula is C14H18FN3O2. The van der Waals surface area contributed by atoms with Gasteiger partial charge in [-0.3, -0.25) is 9.59 Å². The van der Waals surface area contributed by atoms with Gasteiger partial charge in [0.2, 0.25) is 11.8 Å². The van der Waals surface area contributed by atoms with Gasteiger partial charge in [-0.05, 0) is 38.1 Å². The molecule has 1 saturated heterocycles. The van der Waals surface area contributed by atoms with Crippen LogP contribution in [0.25, 0.3) is 0 Å². The highest BCUT2D eigenvalue weighted by Crippen LogP contribution is 2.09. The fourth-order valence-corrected chi connectivity index (χ4v) is 2.16. The van der Waals surface area contributed by atoms with Crippen molar-refractivity contribution in [1.29, 1.82) is 0 Å². The third-order valence-electron chi connectivity index (χ3n) is 3.18. The van der Waals surface area contributed by atoms with Crippen LogP contribution in [0, 0.1) is 5.82 Å².